The van der Waals surface area contributed by atoms with Crippen molar-refractivity contribution in [1.29, 1.82) is 0 Å². The fourth-order valence-electron chi connectivity index (χ4n) is 1.90. The fourth-order valence-corrected chi connectivity index (χ4v) is 2.84. The van der Waals surface area contributed by atoms with E-state index in [0.29, 0.717) is 24.0 Å². The minimum atomic E-state index is -3.57. The van der Waals surface area contributed by atoms with Crippen molar-refractivity contribution in [1.82, 2.24) is 29.9 Å². The number of nitrogens with one attached hydrogen (secondary N) is 4. The molecule has 130 valence electrons. The number of aromatic nitrogens is 5. The molecule has 3 rings (SSSR count). The van der Waals surface area contributed by atoms with Crippen LogP contribution in [0.5, 0.6) is 0 Å². The van der Waals surface area contributed by atoms with Gasteiger partial charge in [-0.05, 0) is 24.3 Å². The van der Waals surface area contributed by atoms with Crippen molar-refractivity contribution >= 4 is 27.5 Å². The molecule has 3 aromatic rings. The van der Waals surface area contributed by atoms with Crippen LogP contribution >= 0.6 is 0 Å². The van der Waals surface area contributed by atoms with Crippen molar-refractivity contribution in [2.45, 2.75) is 5.03 Å². The number of imidazole rings is 1. The van der Waals surface area contributed by atoms with Gasteiger partial charge in [-0.15, -0.1) is 10.2 Å². The van der Waals surface area contributed by atoms with Crippen molar-refractivity contribution in [3.63, 3.8) is 0 Å². The molecular weight excluding hydrogens is 344 g/mol. The highest BCUT2D eigenvalue weighted by Gasteiger charge is 2.14. The van der Waals surface area contributed by atoms with Crippen molar-refractivity contribution < 1.29 is 8.42 Å². The number of pyridine rings is 1. The van der Waals surface area contributed by atoms with Crippen LogP contribution in [0.1, 0.15) is 0 Å². The van der Waals surface area contributed by atoms with Crippen LogP contribution in [0, 0.1) is 0 Å². The first-order valence-electron chi connectivity index (χ1n) is 7.37. The lowest BCUT2D eigenvalue weighted by atomic mass is 10.4. The molecule has 0 aromatic carbocycles. The Hall–Kier alpha value is -3.05. The van der Waals surface area contributed by atoms with Gasteiger partial charge in [0.2, 0.25) is 0 Å². The summed E-state index contributed by atoms with van der Waals surface area (Å²) in [6, 6.07) is 8.99. The van der Waals surface area contributed by atoms with Crippen LogP contribution in [-0.4, -0.2) is 46.7 Å². The lowest BCUT2D eigenvalue weighted by Gasteiger charge is -2.08. The van der Waals surface area contributed by atoms with Gasteiger partial charge in [0.1, 0.15) is 11.6 Å². The van der Waals surface area contributed by atoms with E-state index in [9.17, 15) is 8.42 Å². The Labute approximate surface area is 144 Å². The third-order valence-corrected chi connectivity index (χ3v) is 4.46. The number of anilines is 3. The van der Waals surface area contributed by atoms with Gasteiger partial charge in [0.05, 0.1) is 12.5 Å². The van der Waals surface area contributed by atoms with Crippen LogP contribution in [0.25, 0.3) is 0 Å². The second-order valence-corrected chi connectivity index (χ2v) is 6.62. The van der Waals surface area contributed by atoms with Crippen LogP contribution in [0.4, 0.5) is 17.5 Å². The van der Waals surface area contributed by atoms with E-state index < -0.39 is 10.0 Å². The van der Waals surface area contributed by atoms with Crippen LogP contribution in [-0.2, 0) is 10.0 Å². The van der Waals surface area contributed by atoms with E-state index in [0.717, 1.165) is 0 Å². The van der Waals surface area contributed by atoms with Crippen LogP contribution in [0.3, 0.4) is 0 Å². The minimum absolute atomic E-state index is 0.0252. The number of H-pyrrole nitrogens is 1. The number of hydrogen-bond donors (Lipinski definition) is 4. The summed E-state index contributed by atoms with van der Waals surface area (Å²) in [5, 5.41) is 14.1. The second kappa shape index (κ2) is 7.68. The van der Waals surface area contributed by atoms with E-state index in [2.05, 4.69) is 40.5 Å². The van der Waals surface area contributed by atoms with Gasteiger partial charge >= 0.3 is 0 Å². The summed E-state index contributed by atoms with van der Waals surface area (Å²) in [4.78, 5) is 10.4. The Kier molecular flexibility index (Phi) is 5.16. The normalized spacial score (nSPS) is 11.2. The first-order chi connectivity index (χ1) is 12.1. The largest absolute Gasteiger partial charge is 0.367 e. The average molecular weight is 360 g/mol. The molecule has 0 saturated heterocycles. The lowest BCUT2D eigenvalue weighted by Crippen LogP contribution is -2.29. The number of sulfonamides is 1. The molecule has 10 nitrogen and oxygen atoms in total. The summed E-state index contributed by atoms with van der Waals surface area (Å²) in [6.07, 6.45) is 4.23. The molecular formula is C14H16N8O2S. The van der Waals surface area contributed by atoms with Crippen molar-refractivity contribution in [3.8, 4) is 0 Å². The van der Waals surface area contributed by atoms with Gasteiger partial charge in [0.15, 0.2) is 10.8 Å². The Bertz CT molecular complexity index is 882. The summed E-state index contributed by atoms with van der Waals surface area (Å²) in [7, 11) is -3.57. The number of nitrogens with zero attached hydrogens (tertiary/aromatic N) is 4. The standard InChI is InChI=1S/C14H16N8O2S/c23-25(24,14-9-15-10-18-14)19-8-7-17-12-4-5-13(22-21-12)20-11-3-1-2-6-16-11/h1-6,9-10,19H,7-8H2,(H,15,18)(H,17,21)(H,16,20,22). The summed E-state index contributed by atoms with van der Waals surface area (Å²) in [5.41, 5.74) is 0. The Balaban J connectivity index is 1.46. The molecule has 0 saturated carbocycles. The molecule has 0 aliphatic heterocycles. The van der Waals surface area contributed by atoms with Crippen molar-refractivity contribution in [2.75, 3.05) is 23.7 Å². The molecule has 0 radical (unpaired) electrons. The predicted octanol–water partition coefficient (Wildman–Crippen LogP) is 0.729. The zero-order valence-corrected chi connectivity index (χ0v) is 13.9. The average Bonchev–Trinajstić information content (AvgIpc) is 3.17. The Morgan fingerprint density at radius 2 is 1.84 bits per heavy atom. The highest BCUT2D eigenvalue weighted by molar-refractivity contribution is 7.89. The van der Waals surface area contributed by atoms with Gasteiger partial charge in [-0.2, -0.15) is 0 Å². The Morgan fingerprint density at radius 1 is 1.00 bits per heavy atom. The summed E-state index contributed by atoms with van der Waals surface area (Å²) >= 11 is 0. The zero-order chi connectivity index (χ0) is 17.5. The molecule has 0 unspecified atom stereocenters. The predicted molar refractivity (Wildman–Crippen MR) is 91.8 cm³/mol. The quantitative estimate of drug-likeness (QED) is 0.431. The van der Waals surface area contributed by atoms with Gasteiger partial charge in [-0.25, -0.2) is 23.1 Å². The molecule has 0 amide bonds. The summed E-state index contributed by atoms with van der Waals surface area (Å²) in [5.74, 6) is 1.77. The molecule has 0 bridgehead atoms. The van der Waals surface area contributed by atoms with E-state index in [4.69, 9.17) is 0 Å². The molecule has 0 spiro atoms. The van der Waals surface area contributed by atoms with E-state index in [1.54, 1.807) is 18.3 Å². The second-order valence-electron chi connectivity index (χ2n) is 4.88. The maximum atomic E-state index is 11.9. The van der Waals surface area contributed by atoms with E-state index in [-0.39, 0.29) is 11.6 Å². The molecule has 0 aliphatic rings. The van der Waals surface area contributed by atoms with Gasteiger partial charge in [0, 0.05) is 19.3 Å². The molecule has 3 aromatic heterocycles. The number of aromatic amines is 1. The van der Waals surface area contributed by atoms with Gasteiger partial charge in [0.25, 0.3) is 10.0 Å². The molecule has 4 N–H and O–H groups in total. The van der Waals surface area contributed by atoms with E-state index >= 15 is 0 Å². The topological polar surface area (TPSA) is 138 Å². The van der Waals surface area contributed by atoms with Crippen LogP contribution in [0.2, 0.25) is 0 Å². The lowest BCUT2D eigenvalue weighted by molar-refractivity contribution is 0.579. The summed E-state index contributed by atoms with van der Waals surface area (Å²) in [6.45, 7) is 0.548. The van der Waals surface area contributed by atoms with E-state index in [1.165, 1.54) is 12.5 Å². The Morgan fingerprint density at radius 3 is 2.52 bits per heavy atom. The van der Waals surface area contributed by atoms with Crippen LogP contribution in [0.15, 0.2) is 54.1 Å². The van der Waals surface area contributed by atoms with Crippen molar-refractivity contribution in [3.05, 3.63) is 49.1 Å². The number of hydrogen-bond acceptors (Lipinski definition) is 8. The third-order valence-electron chi connectivity index (χ3n) is 3.07. The molecule has 0 atom stereocenters. The maximum Gasteiger partial charge on any atom is 0.257 e. The zero-order valence-electron chi connectivity index (χ0n) is 13.0. The minimum Gasteiger partial charge on any atom is -0.367 e. The van der Waals surface area contributed by atoms with Gasteiger partial charge < -0.3 is 15.6 Å². The smallest absolute Gasteiger partial charge is 0.257 e. The monoisotopic (exact) mass is 360 g/mol. The van der Waals surface area contributed by atoms with Crippen molar-refractivity contribution in [2.24, 2.45) is 0 Å². The molecule has 0 fully saturated rings. The van der Waals surface area contributed by atoms with Gasteiger partial charge in [-0.3, -0.25) is 0 Å². The number of rotatable bonds is 8. The molecule has 25 heavy (non-hydrogen) atoms. The molecule has 0 aliphatic carbocycles. The highest BCUT2D eigenvalue weighted by Crippen LogP contribution is 2.11. The first-order valence-corrected chi connectivity index (χ1v) is 8.85. The highest BCUT2D eigenvalue weighted by atomic mass is 32.2. The van der Waals surface area contributed by atoms with Gasteiger partial charge in [-0.1, -0.05) is 6.07 Å². The third kappa shape index (κ3) is 4.71. The first kappa shape index (κ1) is 16.8. The fraction of sp³-hybridized carbons (Fsp3) is 0.143. The van der Waals surface area contributed by atoms with Crippen LogP contribution < -0.4 is 15.4 Å². The summed E-state index contributed by atoms with van der Waals surface area (Å²) < 4.78 is 26.2. The SMILES string of the molecule is O=S(=O)(NCCNc1ccc(Nc2ccccn2)nn1)c1cnc[nH]1. The molecule has 3 heterocycles. The van der Waals surface area contributed by atoms with E-state index in [1.807, 2.05) is 18.2 Å². The maximum absolute atomic E-state index is 11.9. The molecule has 11 heteroatoms.